The lowest BCUT2D eigenvalue weighted by molar-refractivity contribution is 1.01. The molecule has 0 saturated carbocycles. The monoisotopic (exact) mass is 318 g/mol. The summed E-state index contributed by atoms with van der Waals surface area (Å²) in [5, 5.41) is 0. The van der Waals surface area contributed by atoms with Gasteiger partial charge in [-0.05, 0) is 25.0 Å². The molecule has 1 aliphatic heterocycles. The largest absolute Gasteiger partial charge is 0.125 e. The first-order chi connectivity index (χ1) is 9.64. The van der Waals surface area contributed by atoms with Crippen LogP contribution in [0.2, 0.25) is 0 Å². The van der Waals surface area contributed by atoms with E-state index in [0.717, 1.165) is 0 Å². The van der Waals surface area contributed by atoms with Gasteiger partial charge in [-0.15, -0.1) is 35.3 Å². The summed E-state index contributed by atoms with van der Waals surface area (Å²) < 4.78 is 1.27. The van der Waals surface area contributed by atoms with Crippen molar-refractivity contribution in [1.29, 1.82) is 0 Å². The third-order valence-electron chi connectivity index (χ3n) is 3.17. The molecule has 1 aliphatic rings. The van der Waals surface area contributed by atoms with Gasteiger partial charge in [-0.3, -0.25) is 0 Å². The van der Waals surface area contributed by atoms with Crippen LogP contribution in [0.3, 0.4) is 0 Å². The highest BCUT2D eigenvalue weighted by atomic mass is 32.3. The van der Waals surface area contributed by atoms with Crippen LogP contribution in [0.25, 0.3) is 0 Å². The molecule has 0 radical (unpaired) electrons. The summed E-state index contributed by atoms with van der Waals surface area (Å²) in [5.41, 5.74) is 2.86. The Labute approximate surface area is 134 Å². The Balaban J connectivity index is 1.87. The van der Waals surface area contributed by atoms with Crippen LogP contribution in [0.15, 0.2) is 60.7 Å². The van der Waals surface area contributed by atoms with Crippen LogP contribution in [0.4, 0.5) is 0 Å². The van der Waals surface area contributed by atoms with Gasteiger partial charge < -0.3 is 0 Å². The fraction of sp³-hybridized carbons (Fsp3) is 0.294. The minimum absolute atomic E-state index is 0.242. The summed E-state index contributed by atoms with van der Waals surface area (Å²) in [6, 6.07) is 21.7. The molecule has 0 N–H and O–H groups in total. The highest BCUT2D eigenvalue weighted by molar-refractivity contribution is 8.33. The molecule has 0 bridgehead atoms. The SMILES string of the molecule is CC1(C)S[C@H](c2ccccc2)S[C@H](c2ccccc2)S1. The van der Waals surface area contributed by atoms with Crippen LogP contribution in [-0.4, -0.2) is 4.08 Å². The Bertz CT molecular complexity index is 501. The Morgan fingerprint density at radius 2 is 1.10 bits per heavy atom. The summed E-state index contributed by atoms with van der Waals surface area (Å²) >= 11 is 6.20. The van der Waals surface area contributed by atoms with Gasteiger partial charge in [0.05, 0.1) is 13.2 Å². The average Bonchev–Trinajstić information content (AvgIpc) is 2.47. The molecule has 0 aromatic heterocycles. The Hall–Kier alpha value is -0.510. The van der Waals surface area contributed by atoms with E-state index in [-0.39, 0.29) is 4.08 Å². The van der Waals surface area contributed by atoms with Crippen molar-refractivity contribution in [2.45, 2.75) is 27.1 Å². The fourth-order valence-electron chi connectivity index (χ4n) is 2.22. The standard InChI is InChI=1S/C17H18S3/c1-17(2)19-15(13-9-5-3-6-10-13)18-16(20-17)14-11-7-4-8-12-14/h3-12,15-16H,1-2H3/t15-,16+. The van der Waals surface area contributed by atoms with Crippen molar-refractivity contribution >= 4 is 35.3 Å². The molecule has 1 saturated heterocycles. The summed E-state index contributed by atoms with van der Waals surface area (Å²) in [4.78, 5) is 0. The summed E-state index contributed by atoms with van der Waals surface area (Å²) in [5.74, 6) is 0. The van der Waals surface area contributed by atoms with Crippen LogP contribution < -0.4 is 0 Å². The quantitative estimate of drug-likeness (QED) is 0.634. The van der Waals surface area contributed by atoms with Gasteiger partial charge >= 0.3 is 0 Å². The lowest BCUT2D eigenvalue weighted by Gasteiger charge is -2.39. The third-order valence-corrected chi connectivity index (χ3v) is 8.14. The van der Waals surface area contributed by atoms with Crippen LogP contribution >= 0.6 is 35.3 Å². The Morgan fingerprint density at radius 3 is 1.50 bits per heavy atom. The first-order valence-corrected chi connectivity index (χ1v) is 9.45. The van der Waals surface area contributed by atoms with Gasteiger partial charge in [0, 0.05) is 0 Å². The van der Waals surface area contributed by atoms with Gasteiger partial charge in [0.1, 0.15) is 0 Å². The van der Waals surface area contributed by atoms with Crippen LogP contribution in [-0.2, 0) is 0 Å². The molecule has 0 amide bonds. The van der Waals surface area contributed by atoms with E-state index in [9.17, 15) is 0 Å². The summed E-state index contributed by atoms with van der Waals surface area (Å²) in [6.45, 7) is 4.68. The molecule has 1 heterocycles. The van der Waals surface area contributed by atoms with E-state index < -0.39 is 0 Å². The Kier molecular flexibility index (Phi) is 4.39. The van der Waals surface area contributed by atoms with Crippen molar-refractivity contribution in [2.24, 2.45) is 0 Å². The molecule has 3 rings (SSSR count). The zero-order chi connectivity index (χ0) is 14.0. The average molecular weight is 319 g/mol. The lowest BCUT2D eigenvalue weighted by Crippen LogP contribution is -2.18. The number of hydrogen-bond acceptors (Lipinski definition) is 3. The fourth-order valence-corrected chi connectivity index (χ4v) is 8.63. The molecule has 104 valence electrons. The zero-order valence-electron chi connectivity index (χ0n) is 11.7. The number of hydrogen-bond donors (Lipinski definition) is 0. The van der Waals surface area contributed by atoms with E-state index in [1.165, 1.54) is 11.1 Å². The van der Waals surface area contributed by atoms with Crippen molar-refractivity contribution in [3.63, 3.8) is 0 Å². The van der Waals surface area contributed by atoms with Crippen molar-refractivity contribution in [3.05, 3.63) is 71.8 Å². The second kappa shape index (κ2) is 6.08. The van der Waals surface area contributed by atoms with E-state index in [1.54, 1.807) is 0 Å². The van der Waals surface area contributed by atoms with Gasteiger partial charge in [0.15, 0.2) is 0 Å². The van der Waals surface area contributed by atoms with E-state index in [1.807, 2.05) is 0 Å². The van der Waals surface area contributed by atoms with Gasteiger partial charge in [0.25, 0.3) is 0 Å². The minimum Gasteiger partial charge on any atom is -0.125 e. The molecule has 20 heavy (non-hydrogen) atoms. The minimum atomic E-state index is 0.242. The third kappa shape index (κ3) is 3.38. The second-order valence-electron chi connectivity index (χ2n) is 5.26. The predicted molar refractivity (Wildman–Crippen MR) is 95.2 cm³/mol. The number of benzene rings is 2. The maximum atomic E-state index is 2.34. The molecule has 0 unspecified atom stereocenters. The van der Waals surface area contributed by atoms with Gasteiger partial charge in [-0.2, -0.15) is 0 Å². The van der Waals surface area contributed by atoms with E-state index in [0.29, 0.717) is 9.16 Å². The maximum Gasteiger partial charge on any atom is 0.0779 e. The van der Waals surface area contributed by atoms with Gasteiger partial charge in [-0.25, -0.2) is 0 Å². The molecule has 3 heteroatoms. The predicted octanol–water partition coefficient (Wildman–Crippen LogP) is 6.33. The number of rotatable bonds is 2. The van der Waals surface area contributed by atoms with Gasteiger partial charge in [0.2, 0.25) is 0 Å². The van der Waals surface area contributed by atoms with Crippen LogP contribution in [0.5, 0.6) is 0 Å². The van der Waals surface area contributed by atoms with Crippen molar-refractivity contribution in [2.75, 3.05) is 0 Å². The smallest absolute Gasteiger partial charge is 0.0779 e. The molecule has 0 nitrogen and oxygen atoms in total. The van der Waals surface area contributed by atoms with Crippen LogP contribution in [0, 0.1) is 0 Å². The molecular weight excluding hydrogens is 300 g/mol. The first-order valence-electron chi connectivity index (χ1n) is 6.75. The molecule has 2 aromatic rings. The van der Waals surface area contributed by atoms with Crippen molar-refractivity contribution in [1.82, 2.24) is 0 Å². The second-order valence-corrected chi connectivity index (χ2v) is 10.8. The maximum absolute atomic E-state index is 2.34. The summed E-state index contributed by atoms with van der Waals surface area (Å²) in [7, 11) is 0. The van der Waals surface area contributed by atoms with Gasteiger partial charge in [-0.1, -0.05) is 60.7 Å². The molecule has 1 fully saturated rings. The molecule has 2 aromatic carbocycles. The molecule has 0 aliphatic carbocycles. The van der Waals surface area contributed by atoms with E-state index >= 15 is 0 Å². The zero-order valence-corrected chi connectivity index (χ0v) is 14.1. The first kappa shape index (κ1) is 14.4. The normalized spacial score (nSPS) is 25.3. The lowest BCUT2D eigenvalue weighted by atomic mass is 10.2. The molecule has 2 atom stereocenters. The molecule has 0 spiro atoms. The highest BCUT2D eigenvalue weighted by Gasteiger charge is 2.37. The molecular formula is C17H18S3. The van der Waals surface area contributed by atoms with Crippen molar-refractivity contribution in [3.8, 4) is 0 Å². The van der Waals surface area contributed by atoms with Crippen molar-refractivity contribution < 1.29 is 0 Å². The Morgan fingerprint density at radius 1 is 0.700 bits per heavy atom. The van der Waals surface area contributed by atoms with E-state index in [4.69, 9.17) is 0 Å². The topological polar surface area (TPSA) is 0 Å². The van der Waals surface area contributed by atoms with E-state index in [2.05, 4.69) is 110 Å². The summed E-state index contributed by atoms with van der Waals surface area (Å²) in [6.07, 6.45) is 0. The number of thioether (sulfide) groups is 3. The highest BCUT2D eigenvalue weighted by Crippen LogP contribution is 2.65. The van der Waals surface area contributed by atoms with Crippen LogP contribution in [0.1, 0.15) is 34.1 Å².